The lowest BCUT2D eigenvalue weighted by Gasteiger charge is -2.11. The van der Waals surface area contributed by atoms with E-state index in [2.05, 4.69) is 4.72 Å². The average Bonchev–Trinajstić information content (AvgIpc) is 2.41. The summed E-state index contributed by atoms with van der Waals surface area (Å²) in [6.45, 7) is 0.164. The van der Waals surface area contributed by atoms with Crippen molar-refractivity contribution in [3.63, 3.8) is 0 Å². The maximum atomic E-state index is 12.3. The van der Waals surface area contributed by atoms with Gasteiger partial charge in [-0.2, -0.15) is 0 Å². The normalized spacial score (nSPS) is 11.3. The molecular formula is C13H13ClN2O2S. The number of nitrogens with one attached hydrogen (secondary N) is 1. The summed E-state index contributed by atoms with van der Waals surface area (Å²) in [6, 6.07) is 13.1. The molecule has 3 N–H and O–H groups in total. The minimum absolute atomic E-state index is 0.164. The van der Waals surface area contributed by atoms with Gasteiger partial charge in [-0.25, -0.2) is 8.42 Å². The molecule has 2 aromatic carbocycles. The van der Waals surface area contributed by atoms with Crippen molar-refractivity contribution in [2.45, 2.75) is 11.4 Å². The van der Waals surface area contributed by atoms with Crippen LogP contribution in [0.4, 0.5) is 5.69 Å². The van der Waals surface area contributed by atoms with Gasteiger partial charge in [-0.1, -0.05) is 29.8 Å². The molecule has 2 aromatic rings. The zero-order chi connectivity index (χ0) is 13.9. The van der Waals surface area contributed by atoms with E-state index < -0.39 is 10.0 Å². The Labute approximate surface area is 117 Å². The van der Waals surface area contributed by atoms with Gasteiger partial charge in [-0.05, 0) is 35.9 Å². The number of rotatable bonds is 4. The van der Waals surface area contributed by atoms with E-state index in [0.29, 0.717) is 16.3 Å². The molecule has 0 aromatic heterocycles. The largest absolute Gasteiger partial charge is 0.326 e. The van der Waals surface area contributed by atoms with Crippen LogP contribution in [0, 0.1) is 0 Å². The van der Waals surface area contributed by atoms with E-state index in [9.17, 15) is 8.42 Å². The minimum atomic E-state index is -3.64. The number of anilines is 1. The first-order valence-electron chi connectivity index (χ1n) is 5.59. The highest BCUT2D eigenvalue weighted by molar-refractivity contribution is 7.92. The topological polar surface area (TPSA) is 72.2 Å². The highest BCUT2D eigenvalue weighted by Crippen LogP contribution is 2.20. The Hall–Kier alpha value is -1.56. The molecule has 0 amide bonds. The first-order valence-corrected chi connectivity index (χ1v) is 7.45. The van der Waals surface area contributed by atoms with Crippen molar-refractivity contribution in [2.24, 2.45) is 5.73 Å². The molecule has 0 aliphatic rings. The van der Waals surface area contributed by atoms with Crippen molar-refractivity contribution in [3.05, 3.63) is 59.1 Å². The summed E-state index contributed by atoms with van der Waals surface area (Å²) in [7, 11) is -3.64. The number of benzene rings is 2. The smallest absolute Gasteiger partial charge is 0.262 e. The Morgan fingerprint density at radius 2 is 1.68 bits per heavy atom. The number of sulfonamides is 1. The molecule has 0 aliphatic carbocycles. The molecule has 0 bridgehead atoms. The molecule has 0 unspecified atom stereocenters. The zero-order valence-corrected chi connectivity index (χ0v) is 11.6. The predicted molar refractivity (Wildman–Crippen MR) is 76.6 cm³/mol. The van der Waals surface area contributed by atoms with E-state index in [1.54, 1.807) is 42.5 Å². The van der Waals surface area contributed by atoms with Crippen molar-refractivity contribution < 1.29 is 8.42 Å². The molecule has 0 radical (unpaired) electrons. The highest BCUT2D eigenvalue weighted by atomic mass is 35.5. The van der Waals surface area contributed by atoms with Gasteiger partial charge in [0.25, 0.3) is 10.0 Å². The van der Waals surface area contributed by atoms with E-state index in [0.717, 1.165) is 0 Å². The fourth-order valence-corrected chi connectivity index (χ4v) is 3.10. The quantitative estimate of drug-likeness (QED) is 0.911. The van der Waals surface area contributed by atoms with Crippen LogP contribution >= 0.6 is 11.6 Å². The van der Waals surface area contributed by atoms with Crippen LogP contribution < -0.4 is 10.5 Å². The van der Waals surface area contributed by atoms with Gasteiger partial charge < -0.3 is 5.73 Å². The molecule has 0 aliphatic heterocycles. The molecule has 0 spiro atoms. The van der Waals surface area contributed by atoms with Crippen LogP contribution in [0.1, 0.15) is 5.56 Å². The summed E-state index contributed by atoms with van der Waals surface area (Å²) >= 11 is 5.75. The van der Waals surface area contributed by atoms with Gasteiger partial charge in [0.15, 0.2) is 0 Å². The number of hydrogen-bond acceptors (Lipinski definition) is 3. The lowest BCUT2D eigenvalue weighted by molar-refractivity contribution is 0.600. The third-order valence-corrected chi connectivity index (χ3v) is 4.31. The Morgan fingerprint density at radius 3 is 2.32 bits per heavy atom. The van der Waals surface area contributed by atoms with Crippen LogP contribution in [0.15, 0.2) is 53.4 Å². The average molecular weight is 297 g/mol. The second-order valence-electron chi connectivity index (χ2n) is 3.92. The van der Waals surface area contributed by atoms with Gasteiger partial charge in [0.05, 0.1) is 4.90 Å². The molecular weight excluding hydrogens is 284 g/mol. The molecule has 2 rings (SSSR count). The van der Waals surface area contributed by atoms with Crippen LogP contribution in [0.5, 0.6) is 0 Å². The van der Waals surface area contributed by atoms with E-state index in [1.165, 1.54) is 6.07 Å². The second kappa shape index (κ2) is 5.61. The maximum absolute atomic E-state index is 12.3. The first kappa shape index (κ1) is 13.9. The minimum Gasteiger partial charge on any atom is -0.326 e. The number of hydrogen-bond donors (Lipinski definition) is 2. The fourth-order valence-electron chi connectivity index (χ4n) is 1.66. The Morgan fingerprint density at radius 1 is 1.05 bits per heavy atom. The Balaban J connectivity index is 2.35. The molecule has 0 saturated heterocycles. The van der Waals surface area contributed by atoms with E-state index >= 15 is 0 Å². The SMILES string of the molecule is NCc1ccccc1S(=O)(=O)Nc1ccc(Cl)cc1. The lowest BCUT2D eigenvalue weighted by Crippen LogP contribution is -2.16. The van der Waals surface area contributed by atoms with Gasteiger partial charge in [0, 0.05) is 17.3 Å². The third kappa shape index (κ3) is 3.26. The van der Waals surface area contributed by atoms with Crippen LogP contribution in [-0.2, 0) is 16.6 Å². The van der Waals surface area contributed by atoms with Gasteiger partial charge in [-0.3, -0.25) is 4.72 Å². The fraction of sp³-hybridized carbons (Fsp3) is 0.0769. The second-order valence-corrected chi connectivity index (χ2v) is 6.01. The summed E-state index contributed by atoms with van der Waals surface area (Å²) in [5, 5.41) is 0.547. The predicted octanol–water partition coefficient (Wildman–Crippen LogP) is 2.60. The molecule has 6 heteroatoms. The summed E-state index contributed by atoms with van der Waals surface area (Å²) in [5.41, 5.74) is 6.58. The van der Waals surface area contributed by atoms with Gasteiger partial charge >= 0.3 is 0 Å². The molecule has 0 fully saturated rings. The molecule has 0 heterocycles. The molecule has 0 atom stereocenters. The van der Waals surface area contributed by atoms with E-state index in [4.69, 9.17) is 17.3 Å². The molecule has 0 saturated carbocycles. The maximum Gasteiger partial charge on any atom is 0.262 e. The van der Waals surface area contributed by atoms with Crippen LogP contribution in [-0.4, -0.2) is 8.42 Å². The Kier molecular flexibility index (Phi) is 4.09. The summed E-state index contributed by atoms with van der Waals surface area (Å²) in [5.74, 6) is 0. The summed E-state index contributed by atoms with van der Waals surface area (Å²) < 4.78 is 27.0. The molecule has 19 heavy (non-hydrogen) atoms. The van der Waals surface area contributed by atoms with E-state index in [1.807, 2.05) is 0 Å². The van der Waals surface area contributed by atoms with Crippen molar-refractivity contribution in [2.75, 3.05) is 4.72 Å². The number of halogens is 1. The standard InChI is InChI=1S/C13H13ClN2O2S/c14-11-5-7-12(8-6-11)16-19(17,18)13-4-2-1-3-10(13)9-15/h1-8,16H,9,15H2. The van der Waals surface area contributed by atoms with Crippen molar-refractivity contribution in [1.29, 1.82) is 0 Å². The van der Waals surface area contributed by atoms with Crippen molar-refractivity contribution >= 4 is 27.3 Å². The van der Waals surface area contributed by atoms with Crippen LogP contribution in [0.3, 0.4) is 0 Å². The molecule has 100 valence electrons. The summed E-state index contributed by atoms with van der Waals surface area (Å²) in [4.78, 5) is 0.187. The molecule has 4 nitrogen and oxygen atoms in total. The number of nitrogens with two attached hydrogens (primary N) is 1. The van der Waals surface area contributed by atoms with Crippen LogP contribution in [0.25, 0.3) is 0 Å². The third-order valence-electron chi connectivity index (χ3n) is 2.58. The monoisotopic (exact) mass is 296 g/mol. The summed E-state index contributed by atoms with van der Waals surface area (Å²) in [6.07, 6.45) is 0. The van der Waals surface area contributed by atoms with Crippen LogP contribution in [0.2, 0.25) is 5.02 Å². The van der Waals surface area contributed by atoms with Crippen molar-refractivity contribution in [3.8, 4) is 0 Å². The first-order chi connectivity index (χ1) is 9.03. The zero-order valence-electron chi connectivity index (χ0n) is 10.0. The highest BCUT2D eigenvalue weighted by Gasteiger charge is 2.17. The van der Waals surface area contributed by atoms with E-state index in [-0.39, 0.29) is 11.4 Å². The lowest BCUT2D eigenvalue weighted by atomic mass is 10.2. The van der Waals surface area contributed by atoms with Crippen molar-refractivity contribution in [1.82, 2.24) is 0 Å². The Bertz CT molecular complexity index is 669. The van der Waals surface area contributed by atoms with Gasteiger partial charge in [0.2, 0.25) is 0 Å². The van der Waals surface area contributed by atoms with Gasteiger partial charge in [-0.15, -0.1) is 0 Å². The van der Waals surface area contributed by atoms with Gasteiger partial charge in [0.1, 0.15) is 0 Å².